The number of benzene rings is 2. The lowest BCUT2D eigenvalue weighted by atomic mass is 10.2. The molecular weight excluding hydrogens is 260 g/mol. The maximum atomic E-state index is 5.87. The lowest BCUT2D eigenvalue weighted by Crippen LogP contribution is -1.98. The van der Waals surface area contributed by atoms with E-state index in [0.717, 1.165) is 29.2 Å². The fourth-order valence-corrected chi connectivity index (χ4v) is 2.29. The normalized spacial score (nSPS) is 10.5. The largest absolute Gasteiger partial charge is 0.489 e. The molecule has 0 amide bonds. The van der Waals surface area contributed by atoms with Crippen LogP contribution in [0, 0.1) is 0 Å². The zero-order valence-electron chi connectivity index (χ0n) is 12.1. The minimum atomic E-state index is 0.576. The SMILES string of the molecule is CCn1ccnc1-c1cccc(OCc2ccccc2)c1. The number of aromatic nitrogens is 2. The third-order valence-corrected chi connectivity index (χ3v) is 3.40. The van der Waals surface area contributed by atoms with Crippen molar-refractivity contribution in [3.05, 3.63) is 72.6 Å². The Morgan fingerprint density at radius 2 is 1.90 bits per heavy atom. The van der Waals surface area contributed by atoms with E-state index in [-0.39, 0.29) is 0 Å². The predicted octanol–water partition coefficient (Wildman–Crippen LogP) is 4.15. The third-order valence-electron chi connectivity index (χ3n) is 3.40. The summed E-state index contributed by atoms with van der Waals surface area (Å²) in [6.45, 7) is 3.60. The van der Waals surface area contributed by atoms with Crippen molar-refractivity contribution in [2.24, 2.45) is 0 Å². The third kappa shape index (κ3) is 3.14. The van der Waals surface area contributed by atoms with Gasteiger partial charge in [0.05, 0.1) is 0 Å². The van der Waals surface area contributed by atoms with Crippen LogP contribution < -0.4 is 4.74 Å². The van der Waals surface area contributed by atoms with Gasteiger partial charge in [-0.2, -0.15) is 0 Å². The van der Waals surface area contributed by atoms with E-state index in [9.17, 15) is 0 Å². The molecule has 106 valence electrons. The van der Waals surface area contributed by atoms with Gasteiger partial charge in [0, 0.05) is 24.5 Å². The van der Waals surface area contributed by atoms with E-state index in [1.165, 1.54) is 0 Å². The van der Waals surface area contributed by atoms with Gasteiger partial charge in [-0.15, -0.1) is 0 Å². The maximum absolute atomic E-state index is 5.87. The summed E-state index contributed by atoms with van der Waals surface area (Å²) in [6, 6.07) is 18.3. The van der Waals surface area contributed by atoms with E-state index in [1.54, 1.807) is 0 Å². The highest BCUT2D eigenvalue weighted by Crippen LogP contribution is 2.23. The second-order valence-electron chi connectivity index (χ2n) is 4.84. The van der Waals surface area contributed by atoms with Gasteiger partial charge in [0.15, 0.2) is 0 Å². The van der Waals surface area contributed by atoms with Crippen LogP contribution in [0.2, 0.25) is 0 Å². The topological polar surface area (TPSA) is 27.1 Å². The van der Waals surface area contributed by atoms with Crippen molar-refractivity contribution in [1.82, 2.24) is 9.55 Å². The highest BCUT2D eigenvalue weighted by Gasteiger charge is 2.06. The fourth-order valence-electron chi connectivity index (χ4n) is 2.29. The van der Waals surface area contributed by atoms with E-state index in [1.807, 2.05) is 48.8 Å². The van der Waals surface area contributed by atoms with Crippen molar-refractivity contribution in [3.63, 3.8) is 0 Å². The van der Waals surface area contributed by atoms with Gasteiger partial charge in [0.1, 0.15) is 18.2 Å². The Kier molecular flexibility index (Phi) is 4.01. The number of rotatable bonds is 5. The summed E-state index contributed by atoms with van der Waals surface area (Å²) in [7, 11) is 0. The molecular formula is C18H18N2O. The van der Waals surface area contributed by atoms with Crippen molar-refractivity contribution < 1.29 is 4.74 Å². The quantitative estimate of drug-likeness (QED) is 0.701. The zero-order valence-corrected chi connectivity index (χ0v) is 12.1. The van der Waals surface area contributed by atoms with Crippen LogP contribution in [0.5, 0.6) is 5.75 Å². The number of ether oxygens (including phenoxy) is 1. The first-order chi connectivity index (χ1) is 10.4. The van der Waals surface area contributed by atoms with Crippen molar-refractivity contribution in [2.75, 3.05) is 0 Å². The van der Waals surface area contributed by atoms with Crippen LogP contribution in [0.4, 0.5) is 0 Å². The minimum absolute atomic E-state index is 0.576. The van der Waals surface area contributed by atoms with Crippen molar-refractivity contribution in [3.8, 4) is 17.1 Å². The smallest absolute Gasteiger partial charge is 0.140 e. The van der Waals surface area contributed by atoms with Gasteiger partial charge < -0.3 is 9.30 Å². The van der Waals surface area contributed by atoms with Crippen LogP contribution >= 0.6 is 0 Å². The molecule has 0 saturated carbocycles. The number of nitrogens with zero attached hydrogens (tertiary/aromatic N) is 2. The van der Waals surface area contributed by atoms with E-state index in [2.05, 4.69) is 34.7 Å². The maximum Gasteiger partial charge on any atom is 0.140 e. The van der Waals surface area contributed by atoms with Gasteiger partial charge in [-0.05, 0) is 24.6 Å². The molecule has 3 nitrogen and oxygen atoms in total. The molecule has 0 atom stereocenters. The monoisotopic (exact) mass is 278 g/mol. The van der Waals surface area contributed by atoms with E-state index < -0.39 is 0 Å². The molecule has 0 aliphatic heterocycles. The van der Waals surface area contributed by atoms with Crippen LogP contribution in [-0.4, -0.2) is 9.55 Å². The van der Waals surface area contributed by atoms with E-state index in [0.29, 0.717) is 6.61 Å². The predicted molar refractivity (Wildman–Crippen MR) is 84.1 cm³/mol. The first-order valence-electron chi connectivity index (χ1n) is 7.15. The second kappa shape index (κ2) is 6.27. The summed E-state index contributed by atoms with van der Waals surface area (Å²) < 4.78 is 7.99. The number of aryl methyl sites for hydroxylation is 1. The molecule has 21 heavy (non-hydrogen) atoms. The Balaban J connectivity index is 1.77. The van der Waals surface area contributed by atoms with Crippen LogP contribution in [0.3, 0.4) is 0 Å². The molecule has 1 aromatic heterocycles. The van der Waals surface area contributed by atoms with Crippen molar-refractivity contribution >= 4 is 0 Å². The summed E-state index contributed by atoms with van der Waals surface area (Å²) in [5, 5.41) is 0. The van der Waals surface area contributed by atoms with Gasteiger partial charge in [-0.1, -0.05) is 42.5 Å². The Bertz CT molecular complexity index is 704. The fraction of sp³-hybridized carbons (Fsp3) is 0.167. The number of hydrogen-bond acceptors (Lipinski definition) is 2. The standard InChI is InChI=1S/C18H18N2O/c1-2-20-12-11-19-18(20)16-9-6-10-17(13-16)21-14-15-7-4-3-5-8-15/h3-13H,2,14H2,1H3. The molecule has 3 heteroatoms. The first-order valence-corrected chi connectivity index (χ1v) is 7.15. The molecule has 0 fully saturated rings. The summed E-state index contributed by atoms with van der Waals surface area (Å²) in [5.41, 5.74) is 2.24. The van der Waals surface area contributed by atoms with Gasteiger partial charge in [-0.3, -0.25) is 0 Å². The van der Waals surface area contributed by atoms with E-state index in [4.69, 9.17) is 4.74 Å². The van der Waals surface area contributed by atoms with Crippen LogP contribution in [0.25, 0.3) is 11.4 Å². The highest BCUT2D eigenvalue weighted by atomic mass is 16.5. The number of imidazole rings is 1. The lowest BCUT2D eigenvalue weighted by molar-refractivity contribution is 0.306. The van der Waals surface area contributed by atoms with Crippen LogP contribution in [0.1, 0.15) is 12.5 Å². The second-order valence-corrected chi connectivity index (χ2v) is 4.84. The van der Waals surface area contributed by atoms with Gasteiger partial charge in [-0.25, -0.2) is 4.98 Å². The van der Waals surface area contributed by atoms with Crippen LogP contribution in [-0.2, 0) is 13.2 Å². The molecule has 0 aliphatic rings. The molecule has 0 saturated heterocycles. The molecule has 0 spiro atoms. The summed E-state index contributed by atoms with van der Waals surface area (Å²) in [6.07, 6.45) is 3.82. The van der Waals surface area contributed by atoms with Gasteiger partial charge in [0.25, 0.3) is 0 Å². The van der Waals surface area contributed by atoms with Crippen molar-refractivity contribution in [1.29, 1.82) is 0 Å². The highest BCUT2D eigenvalue weighted by molar-refractivity contribution is 5.58. The molecule has 2 aromatic carbocycles. The summed E-state index contributed by atoms with van der Waals surface area (Å²) in [5.74, 6) is 1.84. The summed E-state index contributed by atoms with van der Waals surface area (Å²) in [4.78, 5) is 4.42. The van der Waals surface area contributed by atoms with E-state index >= 15 is 0 Å². The molecule has 1 heterocycles. The molecule has 0 N–H and O–H groups in total. The molecule has 0 radical (unpaired) electrons. The van der Waals surface area contributed by atoms with Crippen molar-refractivity contribution in [2.45, 2.75) is 20.1 Å². The average molecular weight is 278 g/mol. The zero-order chi connectivity index (χ0) is 14.5. The summed E-state index contributed by atoms with van der Waals surface area (Å²) >= 11 is 0. The van der Waals surface area contributed by atoms with Crippen LogP contribution in [0.15, 0.2) is 67.0 Å². The van der Waals surface area contributed by atoms with Gasteiger partial charge in [0.2, 0.25) is 0 Å². The molecule has 0 aliphatic carbocycles. The Morgan fingerprint density at radius 1 is 1.05 bits per heavy atom. The minimum Gasteiger partial charge on any atom is -0.489 e. The molecule has 0 bridgehead atoms. The molecule has 3 rings (SSSR count). The Labute approximate surface area is 124 Å². The number of hydrogen-bond donors (Lipinski definition) is 0. The lowest BCUT2D eigenvalue weighted by Gasteiger charge is -2.09. The molecule has 3 aromatic rings. The Morgan fingerprint density at radius 3 is 2.71 bits per heavy atom. The average Bonchev–Trinajstić information content (AvgIpc) is 3.03. The van der Waals surface area contributed by atoms with Gasteiger partial charge >= 0.3 is 0 Å². The Hall–Kier alpha value is -2.55. The first kappa shape index (κ1) is 13.4. The molecule has 0 unspecified atom stereocenters.